The Hall–Kier alpha value is -0.370. The molecule has 2 nitrogen and oxygen atoms in total. The molecule has 0 unspecified atom stereocenters. The minimum absolute atomic E-state index is 0.0370. The van der Waals surface area contributed by atoms with E-state index in [9.17, 15) is 4.79 Å². The highest BCUT2D eigenvalue weighted by molar-refractivity contribution is 5.57. The molecule has 0 saturated heterocycles. The van der Waals surface area contributed by atoms with Crippen LogP contribution < -0.4 is 5.32 Å². The molecular weight excluding hydrogens is 114 g/mol. The van der Waals surface area contributed by atoms with Crippen molar-refractivity contribution in [1.82, 2.24) is 5.32 Å². The van der Waals surface area contributed by atoms with Gasteiger partial charge in [-0.05, 0) is 12.5 Å². The van der Waals surface area contributed by atoms with Crippen LogP contribution >= 0.6 is 0 Å². The fourth-order valence-electron chi connectivity index (χ4n) is 0.677. The predicted molar refractivity (Wildman–Crippen MR) is 38.4 cm³/mol. The van der Waals surface area contributed by atoms with Gasteiger partial charge < -0.3 is 10.1 Å². The highest BCUT2D eigenvalue weighted by Crippen LogP contribution is 1.96. The third-order valence-electron chi connectivity index (χ3n) is 1.30. The Balaban J connectivity index is 3.54. The molecule has 1 atom stereocenters. The third kappa shape index (κ3) is 3.25. The van der Waals surface area contributed by atoms with Gasteiger partial charge >= 0.3 is 0 Å². The van der Waals surface area contributed by atoms with Crippen molar-refractivity contribution in [2.45, 2.75) is 26.8 Å². The second kappa shape index (κ2) is 4.50. The number of carbonyl (C=O) groups excluding carboxylic acids is 1. The summed E-state index contributed by atoms with van der Waals surface area (Å²) in [6.07, 6.45) is 0.966. The van der Waals surface area contributed by atoms with Crippen molar-refractivity contribution in [2.24, 2.45) is 5.92 Å². The number of likely N-dealkylation sites (N-methyl/N-ethyl adjacent to an activating group) is 1. The first-order valence-electron chi connectivity index (χ1n) is 3.41. The van der Waals surface area contributed by atoms with Crippen molar-refractivity contribution in [3.8, 4) is 0 Å². The molecule has 0 rings (SSSR count). The van der Waals surface area contributed by atoms with E-state index in [0.717, 1.165) is 12.8 Å². The van der Waals surface area contributed by atoms with Crippen LogP contribution in [0.3, 0.4) is 0 Å². The highest BCUT2D eigenvalue weighted by atomic mass is 16.1. The molecule has 0 aromatic carbocycles. The second-order valence-corrected chi connectivity index (χ2v) is 2.46. The lowest BCUT2D eigenvalue weighted by Crippen LogP contribution is -2.34. The SMILES string of the molecule is CCN[C@H](C=O)C(C)C. The normalized spacial score (nSPS) is 13.8. The molecule has 0 fully saturated rings. The summed E-state index contributed by atoms with van der Waals surface area (Å²) in [6.45, 7) is 6.92. The monoisotopic (exact) mass is 129 g/mol. The van der Waals surface area contributed by atoms with Crippen LogP contribution in [0.4, 0.5) is 0 Å². The number of hydrogen-bond acceptors (Lipinski definition) is 2. The van der Waals surface area contributed by atoms with Gasteiger partial charge in [0.1, 0.15) is 6.29 Å². The maximum Gasteiger partial charge on any atom is 0.137 e. The van der Waals surface area contributed by atoms with Crippen LogP contribution in [0.2, 0.25) is 0 Å². The summed E-state index contributed by atoms with van der Waals surface area (Å²) in [7, 11) is 0. The van der Waals surface area contributed by atoms with E-state index in [1.165, 1.54) is 0 Å². The van der Waals surface area contributed by atoms with Gasteiger partial charge in [0, 0.05) is 0 Å². The van der Waals surface area contributed by atoms with E-state index >= 15 is 0 Å². The first-order chi connectivity index (χ1) is 4.22. The van der Waals surface area contributed by atoms with Crippen molar-refractivity contribution in [3.63, 3.8) is 0 Å². The molecule has 0 heterocycles. The standard InChI is InChI=1S/C7H15NO/c1-4-8-7(5-9)6(2)3/h5-8H,4H2,1-3H3/t7-/m1/s1. The number of rotatable bonds is 4. The summed E-state index contributed by atoms with van der Waals surface area (Å²) >= 11 is 0. The van der Waals surface area contributed by atoms with Gasteiger partial charge in [0.05, 0.1) is 6.04 Å². The molecule has 0 amide bonds. The predicted octanol–water partition coefficient (Wildman–Crippen LogP) is 0.819. The summed E-state index contributed by atoms with van der Waals surface area (Å²) in [5.74, 6) is 0.405. The molecular formula is C7H15NO. The van der Waals surface area contributed by atoms with Crippen molar-refractivity contribution in [1.29, 1.82) is 0 Å². The molecule has 0 saturated carbocycles. The average Bonchev–Trinajstić information content (AvgIpc) is 1.82. The third-order valence-corrected chi connectivity index (χ3v) is 1.30. The van der Waals surface area contributed by atoms with Crippen LogP contribution in [0.15, 0.2) is 0 Å². The zero-order chi connectivity index (χ0) is 7.28. The molecule has 0 radical (unpaired) electrons. The van der Waals surface area contributed by atoms with E-state index in [2.05, 4.69) is 5.32 Å². The molecule has 2 heteroatoms. The molecule has 0 aromatic rings. The largest absolute Gasteiger partial charge is 0.308 e. The van der Waals surface area contributed by atoms with Gasteiger partial charge in [0.2, 0.25) is 0 Å². The summed E-state index contributed by atoms with van der Waals surface area (Å²) in [4.78, 5) is 10.3. The lowest BCUT2D eigenvalue weighted by atomic mass is 10.1. The summed E-state index contributed by atoms with van der Waals surface area (Å²) in [5.41, 5.74) is 0. The van der Waals surface area contributed by atoms with E-state index in [1.807, 2.05) is 20.8 Å². The summed E-state index contributed by atoms with van der Waals surface area (Å²) < 4.78 is 0. The van der Waals surface area contributed by atoms with Crippen LogP contribution in [0.1, 0.15) is 20.8 Å². The zero-order valence-corrected chi connectivity index (χ0v) is 6.35. The molecule has 9 heavy (non-hydrogen) atoms. The molecule has 0 aliphatic heterocycles. The zero-order valence-electron chi connectivity index (χ0n) is 6.35. The maximum atomic E-state index is 10.3. The molecule has 1 N–H and O–H groups in total. The Kier molecular flexibility index (Phi) is 4.32. The topological polar surface area (TPSA) is 29.1 Å². The van der Waals surface area contributed by atoms with Gasteiger partial charge in [-0.2, -0.15) is 0 Å². The Morgan fingerprint density at radius 3 is 2.22 bits per heavy atom. The number of carbonyl (C=O) groups is 1. The van der Waals surface area contributed by atoms with E-state index in [1.54, 1.807) is 0 Å². The summed E-state index contributed by atoms with van der Waals surface area (Å²) in [5, 5.41) is 3.06. The van der Waals surface area contributed by atoms with Gasteiger partial charge in [-0.15, -0.1) is 0 Å². The van der Waals surface area contributed by atoms with Crippen molar-refractivity contribution < 1.29 is 4.79 Å². The van der Waals surface area contributed by atoms with Gasteiger partial charge in [-0.25, -0.2) is 0 Å². The lowest BCUT2D eigenvalue weighted by Gasteiger charge is -2.13. The Labute approximate surface area is 56.6 Å². The molecule has 0 bridgehead atoms. The first kappa shape index (κ1) is 8.63. The van der Waals surface area contributed by atoms with E-state index in [4.69, 9.17) is 0 Å². The van der Waals surface area contributed by atoms with Gasteiger partial charge in [0.25, 0.3) is 0 Å². The van der Waals surface area contributed by atoms with Crippen LogP contribution in [0, 0.1) is 5.92 Å². The van der Waals surface area contributed by atoms with E-state index < -0.39 is 0 Å². The highest BCUT2D eigenvalue weighted by Gasteiger charge is 2.08. The van der Waals surface area contributed by atoms with Crippen molar-refractivity contribution >= 4 is 6.29 Å². The molecule has 0 aliphatic rings. The minimum atomic E-state index is 0.0370. The number of hydrogen-bond donors (Lipinski definition) is 1. The second-order valence-electron chi connectivity index (χ2n) is 2.46. The Morgan fingerprint density at radius 1 is 1.56 bits per heavy atom. The quantitative estimate of drug-likeness (QED) is 0.569. The minimum Gasteiger partial charge on any atom is -0.308 e. The molecule has 0 spiro atoms. The van der Waals surface area contributed by atoms with Gasteiger partial charge in [-0.3, -0.25) is 0 Å². The number of nitrogens with one attached hydrogen (secondary N) is 1. The summed E-state index contributed by atoms with van der Waals surface area (Å²) in [6, 6.07) is 0.0370. The lowest BCUT2D eigenvalue weighted by molar-refractivity contribution is -0.110. The van der Waals surface area contributed by atoms with Gasteiger partial charge in [0.15, 0.2) is 0 Å². The fourth-order valence-corrected chi connectivity index (χ4v) is 0.677. The van der Waals surface area contributed by atoms with Crippen molar-refractivity contribution in [3.05, 3.63) is 0 Å². The van der Waals surface area contributed by atoms with Crippen LogP contribution in [0.25, 0.3) is 0 Å². The molecule has 0 aliphatic carbocycles. The van der Waals surface area contributed by atoms with Crippen LogP contribution in [0.5, 0.6) is 0 Å². The average molecular weight is 129 g/mol. The molecule has 0 aromatic heterocycles. The maximum absolute atomic E-state index is 10.3. The first-order valence-corrected chi connectivity index (χ1v) is 3.41. The Morgan fingerprint density at radius 2 is 2.11 bits per heavy atom. The smallest absolute Gasteiger partial charge is 0.137 e. The van der Waals surface area contributed by atoms with Crippen molar-refractivity contribution in [2.75, 3.05) is 6.54 Å². The number of aldehydes is 1. The van der Waals surface area contributed by atoms with E-state index in [-0.39, 0.29) is 6.04 Å². The Bertz CT molecular complexity index is 81.0. The van der Waals surface area contributed by atoms with E-state index in [0.29, 0.717) is 5.92 Å². The van der Waals surface area contributed by atoms with Crippen LogP contribution in [-0.4, -0.2) is 18.9 Å². The van der Waals surface area contributed by atoms with Crippen LogP contribution in [-0.2, 0) is 4.79 Å². The molecule has 54 valence electrons. The fraction of sp³-hybridized carbons (Fsp3) is 0.857. The van der Waals surface area contributed by atoms with Gasteiger partial charge in [-0.1, -0.05) is 20.8 Å².